The number of aliphatic imine (C=N–C) groups is 1. The Kier molecular flexibility index (Phi) is 7.05. The Bertz CT molecular complexity index is 1230. The number of hydrogen-bond acceptors (Lipinski definition) is 5. The number of nitrogens with zero attached hydrogens (tertiary/aromatic N) is 5. The van der Waals surface area contributed by atoms with Crippen LogP contribution in [0.25, 0.3) is 11.3 Å². The van der Waals surface area contributed by atoms with E-state index >= 15 is 0 Å². The number of amides is 1. The van der Waals surface area contributed by atoms with E-state index in [-0.39, 0.29) is 39.7 Å². The minimum absolute atomic E-state index is 0.0722. The second kappa shape index (κ2) is 9.90. The zero-order chi connectivity index (χ0) is 26.1. The molecule has 0 spiro atoms. The molecule has 1 fully saturated rings. The van der Waals surface area contributed by atoms with Crippen LogP contribution in [0.1, 0.15) is 43.9 Å². The Hall–Kier alpha value is -3.45. The van der Waals surface area contributed by atoms with Gasteiger partial charge in [-0.05, 0) is 43.4 Å². The topological polar surface area (TPSA) is 78.6 Å². The van der Waals surface area contributed by atoms with Crippen molar-refractivity contribution in [1.29, 1.82) is 5.26 Å². The van der Waals surface area contributed by atoms with E-state index in [1.54, 1.807) is 12.4 Å². The third-order valence-electron chi connectivity index (χ3n) is 6.81. The van der Waals surface area contributed by atoms with Gasteiger partial charge in [0.15, 0.2) is 23.4 Å². The molecule has 0 radical (unpaired) electrons. The molecule has 0 aliphatic carbocycles. The van der Waals surface area contributed by atoms with Gasteiger partial charge in [-0.1, -0.05) is 6.92 Å². The average Bonchev–Trinajstić information content (AvgIpc) is 3.17. The smallest absolute Gasteiger partial charge is 0.419 e. The first kappa shape index (κ1) is 25.6. The number of hydrogen-bond donors (Lipinski definition) is 0. The summed E-state index contributed by atoms with van der Waals surface area (Å²) >= 11 is 0. The van der Waals surface area contributed by atoms with Crippen molar-refractivity contribution in [3.63, 3.8) is 0 Å². The second-order valence-corrected chi connectivity index (χ2v) is 9.64. The third kappa shape index (κ3) is 5.21. The van der Waals surface area contributed by atoms with Crippen LogP contribution in [0.15, 0.2) is 29.3 Å². The number of piperidine rings is 1. The van der Waals surface area contributed by atoms with Crippen LogP contribution < -0.4 is 9.22 Å². The fourth-order valence-electron chi connectivity index (χ4n) is 4.65. The number of nitriles is 1. The third-order valence-corrected chi connectivity index (χ3v) is 6.81. The highest BCUT2D eigenvalue weighted by Gasteiger charge is 2.36. The second-order valence-electron chi connectivity index (χ2n) is 9.64. The van der Waals surface area contributed by atoms with Crippen molar-refractivity contribution >= 4 is 23.6 Å². The van der Waals surface area contributed by atoms with Gasteiger partial charge < -0.3 is 9.64 Å². The predicted octanol–water partition coefficient (Wildman–Crippen LogP) is 5.30. The van der Waals surface area contributed by atoms with E-state index in [4.69, 9.17) is 4.74 Å². The molecule has 0 N–H and O–H groups in total. The van der Waals surface area contributed by atoms with Crippen LogP contribution in [-0.4, -0.2) is 55.9 Å². The first-order valence-electron chi connectivity index (χ1n) is 12.0. The summed E-state index contributed by atoms with van der Waals surface area (Å²) in [6.07, 6.45) is -0.218. The minimum atomic E-state index is -4.62. The summed E-state index contributed by atoms with van der Waals surface area (Å²) in [6.45, 7) is 3.36. The Balaban J connectivity index is 1.51. The molecule has 1 aromatic heterocycles. The average molecular weight is 501 g/mol. The number of aromatic nitrogens is 1. The van der Waals surface area contributed by atoms with Crippen LogP contribution >= 0.6 is 0 Å². The van der Waals surface area contributed by atoms with Crippen molar-refractivity contribution in [2.45, 2.75) is 38.8 Å². The molecule has 4 rings (SSSR count). The summed E-state index contributed by atoms with van der Waals surface area (Å²) in [6, 6.07) is 7.55. The number of halogens is 3. The molecule has 0 unspecified atom stereocenters. The van der Waals surface area contributed by atoms with Crippen LogP contribution in [0.5, 0.6) is 5.75 Å². The predicted molar refractivity (Wildman–Crippen MR) is 131 cm³/mol. The Morgan fingerprint density at radius 3 is 2.61 bits per heavy atom. The first-order valence-corrected chi connectivity index (χ1v) is 12.0. The van der Waals surface area contributed by atoms with Crippen molar-refractivity contribution in [1.82, 2.24) is 14.4 Å². The van der Waals surface area contributed by atoms with E-state index in [0.717, 1.165) is 18.9 Å². The van der Waals surface area contributed by atoms with Crippen LogP contribution in [0.2, 0.25) is 0 Å². The largest absolute Gasteiger partial charge is 0.493 e. The molecule has 10 heteroatoms. The Morgan fingerprint density at radius 2 is 1.97 bits per heavy atom. The van der Waals surface area contributed by atoms with Crippen LogP contribution in [0.3, 0.4) is 0 Å². The van der Waals surface area contributed by atoms with Crippen molar-refractivity contribution in [3.05, 3.63) is 35.5 Å². The number of ether oxygens (including phenoxy) is 1. The summed E-state index contributed by atoms with van der Waals surface area (Å²) in [5, 5.41) is 9.52. The number of alkyl halides is 3. The fourth-order valence-corrected chi connectivity index (χ4v) is 4.65. The van der Waals surface area contributed by atoms with Gasteiger partial charge in [0.05, 0.1) is 32.0 Å². The standard InChI is InChI=1S/C26H29F3N5O2/c1-4-24(35)33-10-7-17(8-11-33)9-12-36-23-6-5-18(13-19(23)26(27,28)29)20-14-22-25(21(15-30)32-20)31-16-34(22,2)3/h5-6,13-14,16-17H,4,7-12H2,1-3H3/q+1. The Labute approximate surface area is 208 Å². The van der Waals surface area contributed by atoms with E-state index in [0.29, 0.717) is 43.2 Å². The minimum Gasteiger partial charge on any atom is -0.493 e. The number of likely N-dealkylation sites (tertiary alicyclic amines) is 1. The van der Waals surface area contributed by atoms with E-state index in [9.17, 15) is 23.2 Å². The molecule has 7 nitrogen and oxygen atoms in total. The van der Waals surface area contributed by atoms with Gasteiger partial charge in [0, 0.05) is 31.1 Å². The summed E-state index contributed by atoms with van der Waals surface area (Å²) in [5.41, 5.74) is 0.836. The number of fused-ring (bicyclic) bond motifs is 1. The highest BCUT2D eigenvalue weighted by atomic mass is 19.4. The zero-order valence-corrected chi connectivity index (χ0v) is 20.6. The highest BCUT2D eigenvalue weighted by molar-refractivity contribution is 5.91. The van der Waals surface area contributed by atoms with Gasteiger partial charge >= 0.3 is 6.18 Å². The molecule has 2 aromatic rings. The molecule has 2 aliphatic heterocycles. The maximum absolute atomic E-state index is 14.0. The van der Waals surface area contributed by atoms with Crippen molar-refractivity contribution in [3.8, 4) is 23.1 Å². The summed E-state index contributed by atoms with van der Waals surface area (Å²) in [7, 11) is 3.73. The SMILES string of the molecule is CCC(=O)N1CCC(CCOc2ccc(-c3cc4c(c(C#N)n3)N=C[N+]4(C)C)cc2C(F)(F)F)CC1. The van der Waals surface area contributed by atoms with Gasteiger partial charge in [0.1, 0.15) is 11.8 Å². The Morgan fingerprint density at radius 1 is 1.25 bits per heavy atom. The van der Waals surface area contributed by atoms with E-state index in [2.05, 4.69) is 9.98 Å². The van der Waals surface area contributed by atoms with Gasteiger partial charge in [-0.25, -0.2) is 4.98 Å². The fraction of sp³-hybridized carbons (Fsp3) is 0.462. The van der Waals surface area contributed by atoms with E-state index < -0.39 is 11.7 Å². The molecule has 2 aliphatic rings. The van der Waals surface area contributed by atoms with Gasteiger partial charge in [-0.3, -0.25) is 9.28 Å². The monoisotopic (exact) mass is 500 g/mol. The van der Waals surface area contributed by atoms with Gasteiger partial charge in [-0.2, -0.15) is 23.4 Å². The lowest BCUT2D eigenvalue weighted by atomic mass is 9.94. The van der Waals surface area contributed by atoms with Gasteiger partial charge in [0.25, 0.3) is 0 Å². The number of carbonyl (C=O) groups excluding carboxylic acids is 1. The number of quaternary nitrogens is 1. The van der Waals surface area contributed by atoms with Crippen LogP contribution in [0, 0.1) is 17.2 Å². The van der Waals surface area contributed by atoms with Gasteiger partial charge in [-0.15, -0.1) is 0 Å². The molecular weight excluding hydrogens is 471 g/mol. The van der Waals surface area contributed by atoms with Crippen LogP contribution in [0.4, 0.5) is 24.5 Å². The summed E-state index contributed by atoms with van der Waals surface area (Å²) < 4.78 is 47.7. The number of carbonyl (C=O) groups is 1. The lowest BCUT2D eigenvalue weighted by Crippen LogP contribution is -2.38. The van der Waals surface area contributed by atoms with Gasteiger partial charge in [0.2, 0.25) is 5.91 Å². The maximum atomic E-state index is 14.0. The first-order chi connectivity index (χ1) is 17.0. The van der Waals surface area contributed by atoms with E-state index in [1.165, 1.54) is 12.1 Å². The molecule has 0 atom stereocenters. The number of rotatable bonds is 6. The molecule has 36 heavy (non-hydrogen) atoms. The summed E-state index contributed by atoms with van der Waals surface area (Å²) in [5.74, 6) is 0.212. The molecular formula is C26H29F3N5O2+. The van der Waals surface area contributed by atoms with Crippen molar-refractivity contribution < 1.29 is 22.7 Å². The molecule has 3 heterocycles. The molecule has 1 saturated heterocycles. The molecule has 0 saturated carbocycles. The maximum Gasteiger partial charge on any atom is 0.419 e. The van der Waals surface area contributed by atoms with E-state index in [1.807, 2.05) is 32.0 Å². The summed E-state index contributed by atoms with van der Waals surface area (Å²) in [4.78, 5) is 22.2. The highest BCUT2D eigenvalue weighted by Crippen LogP contribution is 2.42. The number of benzene rings is 1. The number of pyridine rings is 1. The molecule has 190 valence electrons. The van der Waals surface area contributed by atoms with Crippen LogP contribution in [-0.2, 0) is 11.0 Å². The lowest BCUT2D eigenvalue weighted by molar-refractivity contribution is -0.139. The quantitative estimate of drug-likeness (QED) is 0.505. The normalized spacial score (nSPS) is 17.1. The molecule has 1 amide bonds. The lowest BCUT2D eigenvalue weighted by Gasteiger charge is -2.31. The zero-order valence-electron chi connectivity index (χ0n) is 20.6. The van der Waals surface area contributed by atoms with Crippen molar-refractivity contribution in [2.75, 3.05) is 33.8 Å². The molecule has 0 bridgehead atoms. The molecule has 1 aromatic carbocycles. The van der Waals surface area contributed by atoms with Crippen molar-refractivity contribution in [2.24, 2.45) is 10.9 Å².